The van der Waals surface area contributed by atoms with Crippen LogP contribution in [-0.4, -0.2) is 43.5 Å². The number of rotatable bonds is 6. The Morgan fingerprint density at radius 2 is 1.23 bits per heavy atom. The maximum absolute atomic E-state index is 7.17. The summed E-state index contributed by atoms with van der Waals surface area (Å²) in [6.07, 6.45) is 5.84. The first-order valence-electron chi connectivity index (χ1n) is 4.90. The molecule has 0 heterocycles. The van der Waals surface area contributed by atoms with E-state index in [0.717, 1.165) is 0 Å². The molecule has 0 amide bonds. The van der Waals surface area contributed by atoms with E-state index in [2.05, 4.69) is 13.8 Å². The van der Waals surface area contributed by atoms with E-state index in [0.29, 0.717) is 0 Å². The smallest absolute Gasteiger partial charge is 0.402 e. The largest absolute Gasteiger partial charge is 0.631 e. The van der Waals surface area contributed by atoms with Crippen LogP contribution >= 0.6 is 0 Å². The Kier molecular flexibility index (Phi) is 19.0. The Morgan fingerprint density at radius 1 is 0.923 bits per heavy atom. The van der Waals surface area contributed by atoms with Gasteiger partial charge >= 0.3 is 76.9 Å². The Morgan fingerprint density at radius 3 is 1.46 bits per heavy atom. The number of unbranched alkanes of at least 4 members (excludes halogenated alkanes) is 2. The predicted octanol–water partition coefficient (Wildman–Crippen LogP) is 1.08. The Labute approximate surface area is 92.0 Å². The molecule has 0 aromatic carbocycles. The molecule has 0 rings (SSSR count). The van der Waals surface area contributed by atoms with Crippen LogP contribution in [-0.2, 0) is 0 Å². The van der Waals surface area contributed by atoms with Gasteiger partial charge in [-0.25, -0.2) is 0 Å². The summed E-state index contributed by atoms with van der Waals surface area (Å²) >= 11 is 0.149. The minimum Gasteiger partial charge on any atom is -0.402 e. The van der Waals surface area contributed by atoms with E-state index in [9.17, 15) is 0 Å². The minimum atomic E-state index is -2.17. The molecule has 2 radical (unpaired) electrons. The van der Waals surface area contributed by atoms with Gasteiger partial charge in [0, 0.05) is 0 Å². The molecule has 13 heavy (non-hydrogen) atoms. The third-order valence-corrected chi connectivity index (χ3v) is 5.45. The van der Waals surface area contributed by atoms with Gasteiger partial charge in [-0.2, -0.15) is 0 Å². The van der Waals surface area contributed by atoms with Gasteiger partial charge in [0.15, 0.2) is 0 Å². The second-order valence-electron chi connectivity index (χ2n) is 2.80. The third-order valence-electron chi connectivity index (χ3n) is 1.41. The van der Waals surface area contributed by atoms with Crippen molar-refractivity contribution in [1.82, 2.24) is 0 Å². The van der Waals surface area contributed by atoms with Crippen LogP contribution in [0.1, 0.15) is 39.5 Å². The zero-order chi connectivity index (χ0) is 10.5. The molecule has 0 aromatic heterocycles. The first kappa shape index (κ1) is 16.2. The summed E-state index contributed by atoms with van der Waals surface area (Å²) in [5.74, 6) is 0. The van der Waals surface area contributed by atoms with Gasteiger partial charge < -0.3 is 15.1 Å². The molecule has 0 bridgehead atoms. The summed E-state index contributed by atoms with van der Waals surface area (Å²) in [7, 11) is -2.17. The first-order valence-corrected chi connectivity index (χ1v) is 8.93. The van der Waals surface area contributed by atoms with Crippen molar-refractivity contribution < 1.29 is 15.1 Å². The quantitative estimate of drug-likeness (QED) is 0.507. The second-order valence-corrected chi connectivity index (χ2v) is 7.08. The topological polar surface area (TPSA) is 60.7 Å². The van der Waals surface area contributed by atoms with E-state index in [4.69, 9.17) is 15.1 Å². The van der Waals surface area contributed by atoms with Crippen molar-refractivity contribution in [1.29, 1.82) is 0 Å². The van der Waals surface area contributed by atoms with Gasteiger partial charge in [-0.3, -0.25) is 0 Å². The van der Waals surface area contributed by atoms with Crippen molar-refractivity contribution in [3.63, 3.8) is 0 Å². The first-order chi connectivity index (χ1) is 6.15. The Balaban J connectivity index is 0. The SMILES string of the molecule is CCC[CH2][Sn][CH2]CCC.OB(O)O. The molecule has 3 N–H and O–H groups in total. The summed E-state index contributed by atoms with van der Waals surface area (Å²) in [5, 5.41) is 21.5. The van der Waals surface area contributed by atoms with Gasteiger partial charge in [-0.05, 0) is 0 Å². The van der Waals surface area contributed by atoms with Gasteiger partial charge in [0.05, 0.1) is 0 Å². The fraction of sp³-hybridized carbons (Fsp3) is 1.00. The van der Waals surface area contributed by atoms with Crippen LogP contribution in [0.2, 0.25) is 8.87 Å². The van der Waals surface area contributed by atoms with Crippen molar-refractivity contribution in [2.24, 2.45) is 0 Å². The Hall–Kier alpha value is 0.744. The maximum Gasteiger partial charge on any atom is 0.631 e. The minimum absolute atomic E-state index is 0.149. The number of hydrogen-bond acceptors (Lipinski definition) is 3. The zero-order valence-corrected chi connectivity index (χ0v) is 11.5. The molecule has 3 nitrogen and oxygen atoms in total. The van der Waals surface area contributed by atoms with Gasteiger partial charge in [0.1, 0.15) is 0 Å². The van der Waals surface area contributed by atoms with Crippen LogP contribution < -0.4 is 0 Å². The van der Waals surface area contributed by atoms with Crippen LogP contribution in [0.3, 0.4) is 0 Å². The van der Waals surface area contributed by atoms with Crippen LogP contribution in [0.4, 0.5) is 0 Å². The molecule has 0 aliphatic heterocycles. The van der Waals surface area contributed by atoms with E-state index in [1.165, 1.54) is 25.7 Å². The summed E-state index contributed by atoms with van der Waals surface area (Å²) in [4.78, 5) is 0. The average Bonchev–Trinajstić information content (AvgIpc) is 2.03. The summed E-state index contributed by atoms with van der Waals surface area (Å²) in [6, 6.07) is 0. The molecule has 0 saturated heterocycles. The Bertz CT molecular complexity index is 75.0. The summed E-state index contributed by atoms with van der Waals surface area (Å²) < 4.78 is 3.25. The molecule has 0 aromatic rings. The molecule has 0 aliphatic carbocycles. The summed E-state index contributed by atoms with van der Waals surface area (Å²) in [6.45, 7) is 4.58. The van der Waals surface area contributed by atoms with Crippen molar-refractivity contribution in [3.8, 4) is 0 Å². The second kappa shape index (κ2) is 15.2. The molecular formula is C8H21BO3Sn. The van der Waals surface area contributed by atoms with Crippen LogP contribution in [0.15, 0.2) is 0 Å². The molecule has 0 aliphatic rings. The van der Waals surface area contributed by atoms with Crippen molar-refractivity contribution in [2.75, 3.05) is 0 Å². The van der Waals surface area contributed by atoms with Gasteiger partial charge in [0.25, 0.3) is 0 Å². The van der Waals surface area contributed by atoms with E-state index >= 15 is 0 Å². The van der Waals surface area contributed by atoms with Crippen molar-refractivity contribution in [2.45, 2.75) is 48.4 Å². The molecule has 0 saturated carbocycles. The third kappa shape index (κ3) is 32.3. The molecular weight excluding hydrogens is 274 g/mol. The van der Waals surface area contributed by atoms with E-state index in [-0.39, 0.29) is 21.1 Å². The molecule has 0 fully saturated rings. The van der Waals surface area contributed by atoms with Crippen LogP contribution in [0.5, 0.6) is 0 Å². The molecule has 0 spiro atoms. The fourth-order valence-electron chi connectivity index (χ4n) is 0.729. The predicted molar refractivity (Wildman–Crippen MR) is 57.6 cm³/mol. The molecule has 0 atom stereocenters. The summed E-state index contributed by atoms with van der Waals surface area (Å²) in [5.41, 5.74) is 0. The van der Waals surface area contributed by atoms with Crippen LogP contribution in [0.25, 0.3) is 0 Å². The van der Waals surface area contributed by atoms with Crippen molar-refractivity contribution in [3.05, 3.63) is 0 Å². The van der Waals surface area contributed by atoms with Gasteiger partial charge in [0.2, 0.25) is 0 Å². The normalized spacial score (nSPS) is 9.00. The maximum atomic E-state index is 7.17. The van der Waals surface area contributed by atoms with Crippen molar-refractivity contribution >= 4 is 28.5 Å². The average molecular weight is 295 g/mol. The van der Waals surface area contributed by atoms with E-state index in [1.54, 1.807) is 8.87 Å². The monoisotopic (exact) mass is 296 g/mol. The van der Waals surface area contributed by atoms with E-state index < -0.39 is 7.32 Å². The van der Waals surface area contributed by atoms with Gasteiger partial charge in [-0.1, -0.05) is 0 Å². The molecule has 5 heteroatoms. The molecule has 78 valence electrons. The molecule has 0 unspecified atom stereocenters. The van der Waals surface area contributed by atoms with Crippen LogP contribution in [0, 0.1) is 0 Å². The zero-order valence-electron chi connectivity index (χ0n) is 8.66. The standard InChI is InChI=1S/2C4H9.BH3O3.Sn/c2*1-3-4-2;2-1(3)4;/h2*1,3-4H2,2H3;2-4H;. The van der Waals surface area contributed by atoms with Gasteiger partial charge in [-0.15, -0.1) is 0 Å². The number of hydrogen-bond donors (Lipinski definition) is 3. The fourth-order valence-corrected chi connectivity index (χ4v) is 4.89. The van der Waals surface area contributed by atoms with E-state index in [1.807, 2.05) is 0 Å².